The van der Waals surface area contributed by atoms with Gasteiger partial charge in [0.15, 0.2) is 11.5 Å². The van der Waals surface area contributed by atoms with Crippen molar-refractivity contribution in [1.82, 2.24) is 5.32 Å². The summed E-state index contributed by atoms with van der Waals surface area (Å²) >= 11 is 3.38. The number of fused-ring (bicyclic) bond motifs is 1. The van der Waals surface area contributed by atoms with Crippen molar-refractivity contribution in [3.63, 3.8) is 0 Å². The number of halogens is 1. The molecule has 1 heterocycles. The number of anilines is 1. The fourth-order valence-electron chi connectivity index (χ4n) is 2.46. The number of carbonyl (C=O) groups is 1. The van der Waals surface area contributed by atoms with E-state index in [0.717, 1.165) is 27.2 Å². The van der Waals surface area contributed by atoms with Crippen LogP contribution in [0.2, 0.25) is 0 Å². The summed E-state index contributed by atoms with van der Waals surface area (Å²) in [5.74, 6) is 1.41. The summed E-state index contributed by atoms with van der Waals surface area (Å²) in [6, 6.07) is 13.3. The summed E-state index contributed by atoms with van der Waals surface area (Å²) in [6.07, 6.45) is 0. The van der Waals surface area contributed by atoms with Gasteiger partial charge < -0.3 is 20.1 Å². The van der Waals surface area contributed by atoms with Gasteiger partial charge in [0.1, 0.15) is 13.2 Å². The van der Waals surface area contributed by atoms with Crippen molar-refractivity contribution in [2.75, 3.05) is 25.1 Å². The predicted molar refractivity (Wildman–Crippen MR) is 96.6 cm³/mol. The lowest BCUT2D eigenvalue weighted by molar-refractivity contribution is -0.120. The van der Waals surface area contributed by atoms with Crippen molar-refractivity contribution in [1.29, 1.82) is 0 Å². The highest BCUT2D eigenvalue weighted by molar-refractivity contribution is 9.10. The summed E-state index contributed by atoms with van der Waals surface area (Å²) in [7, 11) is 0. The second-order valence-corrected chi connectivity index (χ2v) is 6.47. The molecule has 0 spiro atoms. The van der Waals surface area contributed by atoms with Crippen LogP contribution in [-0.4, -0.2) is 25.7 Å². The van der Waals surface area contributed by atoms with E-state index in [1.165, 1.54) is 0 Å². The summed E-state index contributed by atoms with van der Waals surface area (Å²) in [6.45, 7) is 3.29. The minimum absolute atomic E-state index is 0.0692. The molecule has 24 heavy (non-hydrogen) atoms. The van der Waals surface area contributed by atoms with Crippen molar-refractivity contribution in [3.8, 4) is 11.5 Å². The number of nitrogens with one attached hydrogen (secondary N) is 2. The van der Waals surface area contributed by atoms with Gasteiger partial charge in [-0.25, -0.2) is 0 Å². The average molecular weight is 391 g/mol. The molecule has 2 N–H and O–H groups in total. The lowest BCUT2D eigenvalue weighted by atomic mass is 10.1. The number of hydrogen-bond acceptors (Lipinski definition) is 4. The largest absolute Gasteiger partial charge is 0.486 e. The second kappa shape index (κ2) is 7.57. The minimum atomic E-state index is -0.111. The number of carbonyl (C=O) groups excluding carboxylic acids is 1. The van der Waals surface area contributed by atoms with E-state index in [2.05, 4.69) is 26.6 Å². The van der Waals surface area contributed by atoms with Gasteiger partial charge in [-0.3, -0.25) is 4.79 Å². The van der Waals surface area contributed by atoms with Gasteiger partial charge in [-0.2, -0.15) is 0 Å². The number of amides is 1. The number of ether oxygens (including phenoxy) is 2. The summed E-state index contributed by atoms with van der Waals surface area (Å²) in [4.78, 5) is 12.1. The van der Waals surface area contributed by atoms with E-state index in [-0.39, 0.29) is 18.5 Å². The van der Waals surface area contributed by atoms with Crippen LogP contribution in [-0.2, 0) is 4.79 Å². The number of benzene rings is 2. The molecule has 0 aromatic heterocycles. The van der Waals surface area contributed by atoms with Crippen LogP contribution in [0.3, 0.4) is 0 Å². The molecular formula is C18H19BrN2O3. The Hall–Kier alpha value is -2.21. The molecule has 1 atom stereocenters. The SMILES string of the molecule is C[C@@H](NC(=O)CNc1ccc(Br)cc1)c1ccc2c(c1)OCCO2. The maximum absolute atomic E-state index is 12.1. The Morgan fingerprint density at radius 2 is 1.83 bits per heavy atom. The van der Waals surface area contributed by atoms with Gasteiger partial charge in [0.2, 0.25) is 5.91 Å². The highest BCUT2D eigenvalue weighted by Crippen LogP contribution is 2.32. The van der Waals surface area contributed by atoms with Gasteiger partial charge in [-0.15, -0.1) is 0 Å². The van der Waals surface area contributed by atoms with E-state index in [1.54, 1.807) is 0 Å². The molecule has 0 bridgehead atoms. The Balaban J connectivity index is 1.55. The van der Waals surface area contributed by atoms with Gasteiger partial charge >= 0.3 is 0 Å². The van der Waals surface area contributed by atoms with Crippen molar-refractivity contribution in [2.24, 2.45) is 0 Å². The van der Waals surface area contributed by atoms with Gasteiger partial charge in [0, 0.05) is 10.2 Å². The molecule has 0 fully saturated rings. The van der Waals surface area contributed by atoms with E-state index in [1.807, 2.05) is 49.4 Å². The average Bonchev–Trinajstić information content (AvgIpc) is 2.61. The van der Waals surface area contributed by atoms with Gasteiger partial charge in [0.25, 0.3) is 0 Å². The van der Waals surface area contributed by atoms with Gasteiger partial charge in [-0.1, -0.05) is 22.0 Å². The van der Waals surface area contributed by atoms with Crippen molar-refractivity contribution in [3.05, 3.63) is 52.5 Å². The summed E-state index contributed by atoms with van der Waals surface area (Å²) in [5.41, 5.74) is 1.89. The third-order valence-corrected chi connectivity index (χ3v) is 4.27. The lowest BCUT2D eigenvalue weighted by Gasteiger charge is -2.21. The lowest BCUT2D eigenvalue weighted by Crippen LogP contribution is -2.32. The first-order chi connectivity index (χ1) is 11.6. The highest BCUT2D eigenvalue weighted by Gasteiger charge is 2.15. The summed E-state index contributed by atoms with van der Waals surface area (Å²) in [5, 5.41) is 6.08. The molecule has 5 nitrogen and oxygen atoms in total. The smallest absolute Gasteiger partial charge is 0.239 e. The predicted octanol–water partition coefficient (Wildman–Crippen LogP) is 3.51. The fraction of sp³-hybridized carbons (Fsp3) is 0.278. The molecule has 1 amide bonds. The first-order valence-corrected chi connectivity index (χ1v) is 8.59. The minimum Gasteiger partial charge on any atom is -0.486 e. The van der Waals surface area contributed by atoms with Crippen LogP contribution in [0.25, 0.3) is 0 Å². The van der Waals surface area contributed by atoms with Crippen LogP contribution < -0.4 is 20.1 Å². The fourth-order valence-corrected chi connectivity index (χ4v) is 2.72. The third kappa shape index (κ3) is 4.20. The van der Waals surface area contributed by atoms with E-state index in [0.29, 0.717) is 13.2 Å². The third-order valence-electron chi connectivity index (χ3n) is 3.74. The van der Waals surface area contributed by atoms with Crippen LogP contribution in [0.1, 0.15) is 18.5 Å². The normalized spacial score (nSPS) is 13.9. The monoisotopic (exact) mass is 390 g/mol. The second-order valence-electron chi connectivity index (χ2n) is 5.55. The Labute approximate surface area is 149 Å². The zero-order valence-corrected chi connectivity index (χ0v) is 14.9. The molecule has 0 saturated carbocycles. The van der Waals surface area contributed by atoms with Crippen LogP contribution in [0.5, 0.6) is 11.5 Å². The van der Waals surface area contributed by atoms with Crippen molar-refractivity contribution in [2.45, 2.75) is 13.0 Å². The number of hydrogen-bond donors (Lipinski definition) is 2. The standard InChI is InChI=1S/C18H19BrN2O3/c1-12(13-2-7-16-17(10-13)24-9-8-23-16)21-18(22)11-20-15-5-3-14(19)4-6-15/h2-7,10,12,20H,8-9,11H2,1H3,(H,21,22)/t12-/m1/s1. The topological polar surface area (TPSA) is 59.6 Å². The van der Waals surface area contributed by atoms with Crippen LogP contribution in [0.15, 0.2) is 46.9 Å². The molecule has 1 aliphatic rings. The molecule has 1 aliphatic heterocycles. The molecule has 2 aromatic carbocycles. The highest BCUT2D eigenvalue weighted by atomic mass is 79.9. The molecule has 0 aliphatic carbocycles. The zero-order chi connectivity index (χ0) is 16.9. The molecule has 0 unspecified atom stereocenters. The maximum Gasteiger partial charge on any atom is 0.239 e. The Bertz CT molecular complexity index is 719. The van der Waals surface area contributed by atoms with E-state index >= 15 is 0 Å². The van der Waals surface area contributed by atoms with Crippen LogP contribution in [0.4, 0.5) is 5.69 Å². The Kier molecular flexibility index (Phi) is 5.25. The van der Waals surface area contributed by atoms with Gasteiger partial charge in [-0.05, 0) is 48.9 Å². The molecule has 3 rings (SSSR count). The first-order valence-electron chi connectivity index (χ1n) is 7.80. The molecule has 0 radical (unpaired) electrons. The van der Waals surface area contributed by atoms with E-state index in [9.17, 15) is 4.79 Å². The molecular weight excluding hydrogens is 372 g/mol. The van der Waals surface area contributed by atoms with Crippen LogP contribution in [0, 0.1) is 0 Å². The van der Waals surface area contributed by atoms with Crippen molar-refractivity contribution >= 4 is 27.5 Å². The van der Waals surface area contributed by atoms with Crippen molar-refractivity contribution < 1.29 is 14.3 Å². The Morgan fingerprint density at radius 1 is 1.12 bits per heavy atom. The maximum atomic E-state index is 12.1. The van der Waals surface area contributed by atoms with Crippen LogP contribution >= 0.6 is 15.9 Å². The number of rotatable bonds is 5. The summed E-state index contributed by atoms with van der Waals surface area (Å²) < 4.78 is 12.1. The Morgan fingerprint density at radius 3 is 2.58 bits per heavy atom. The molecule has 126 valence electrons. The zero-order valence-electron chi connectivity index (χ0n) is 13.3. The first kappa shape index (κ1) is 16.6. The van der Waals surface area contributed by atoms with E-state index in [4.69, 9.17) is 9.47 Å². The molecule has 0 saturated heterocycles. The van der Waals surface area contributed by atoms with Gasteiger partial charge in [0.05, 0.1) is 12.6 Å². The van der Waals surface area contributed by atoms with E-state index < -0.39 is 0 Å². The quantitative estimate of drug-likeness (QED) is 0.819. The molecule has 6 heteroatoms. The molecule has 2 aromatic rings.